The summed E-state index contributed by atoms with van der Waals surface area (Å²) < 4.78 is 16.9. The molecule has 2 N–H and O–H groups in total. The summed E-state index contributed by atoms with van der Waals surface area (Å²) in [5.74, 6) is 0.622. The molecule has 0 atom stereocenters. The van der Waals surface area contributed by atoms with Crippen molar-refractivity contribution in [3.8, 4) is 0 Å². The van der Waals surface area contributed by atoms with E-state index in [9.17, 15) is 4.79 Å². The minimum absolute atomic E-state index is 0.373. The quantitative estimate of drug-likeness (QED) is 0.435. The normalized spacial score (nSPS) is 14.8. The Morgan fingerprint density at radius 2 is 1.85 bits per heavy atom. The maximum atomic E-state index is 12.6. The van der Waals surface area contributed by atoms with Gasteiger partial charge in [0, 0.05) is 23.1 Å². The lowest BCUT2D eigenvalue weighted by atomic mass is 9.73. The molecule has 0 aliphatic carbocycles. The number of ether oxygens (including phenoxy) is 1. The van der Waals surface area contributed by atoms with Gasteiger partial charge in [0.05, 0.1) is 24.9 Å². The van der Waals surface area contributed by atoms with Crippen LogP contribution in [0.5, 0.6) is 0 Å². The molecule has 33 heavy (non-hydrogen) atoms. The van der Waals surface area contributed by atoms with Gasteiger partial charge in [-0.1, -0.05) is 18.2 Å². The number of nitrogens with one attached hydrogen (secondary N) is 2. The number of aromatic nitrogens is 2. The maximum Gasteiger partial charge on any atom is 0.495 e. The highest BCUT2D eigenvalue weighted by Crippen LogP contribution is 2.25. The number of nitrogens with zero attached hydrogens (tertiary/aromatic N) is 2. The molecule has 1 fully saturated rings. The number of rotatable bonds is 6. The Kier molecular flexibility index (Phi) is 6.35. The van der Waals surface area contributed by atoms with E-state index in [1.165, 1.54) is 7.11 Å². The zero-order valence-corrected chi connectivity index (χ0v) is 19.4. The Bertz CT molecular complexity index is 1170. The van der Waals surface area contributed by atoms with Gasteiger partial charge in [0.25, 0.3) is 0 Å². The minimum atomic E-state index is -0.638. The van der Waals surface area contributed by atoms with Crippen LogP contribution < -0.4 is 16.1 Å². The molecule has 0 bridgehead atoms. The highest BCUT2D eigenvalue weighted by atomic mass is 16.7. The van der Waals surface area contributed by atoms with Crippen LogP contribution >= 0.6 is 0 Å². The van der Waals surface area contributed by atoms with Gasteiger partial charge in [-0.3, -0.25) is 0 Å². The Hall–Kier alpha value is -3.43. The molecule has 0 unspecified atom stereocenters. The fourth-order valence-corrected chi connectivity index (χ4v) is 3.65. The molecule has 0 saturated carbocycles. The number of carbonyl (C=O) groups excluding carboxylic acids is 1. The summed E-state index contributed by atoms with van der Waals surface area (Å²) in [5, 5.41) is 6.50. The number of aryl methyl sites for hydroxylation is 2. The highest BCUT2D eigenvalue weighted by molar-refractivity contribution is 6.64. The molecule has 170 valence electrons. The zero-order valence-electron chi connectivity index (χ0n) is 19.4. The van der Waals surface area contributed by atoms with Crippen molar-refractivity contribution in [2.75, 3.05) is 24.4 Å². The van der Waals surface area contributed by atoms with Gasteiger partial charge in [-0.05, 0) is 63.0 Å². The Morgan fingerprint density at radius 1 is 1.09 bits per heavy atom. The van der Waals surface area contributed by atoms with Crippen LogP contribution in [0.15, 0.2) is 48.7 Å². The molecule has 1 aromatic heterocycles. The maximum absolute atomic E-state index is 12.6. The molecule has 3 aromatic rings. The van der Waals surface area contributed by atoms with E-state index in [0.717, 1.165) is 16.8 Å². The predicted octanol–water partition coefficient (Wildman–Crippen LogP) is 3.89. The lowest BCUT2D eigenvalue weighted by Gasteiger charge is -2.19. The molecule has 1 aliphatic heterocycles. The number of hydrogen-bond acceptors (Lipinski definition) is 8. The van der Waals surface area contributed by atoms with Crippen molar-refractivity contribution in [1.29, 1.82) is 0 Å². The minimum Gasteiger partial charge on any atom is -0.465 e. The fraction of sp³-hybridized carbons (Fsp3) is 0.292. The smallest absolute Gasteiger partial charge is 0.465 e. The lowest BCUT2D eigenvalue weighted by Crippen LogP contribution is -2.40. The Labute approximate surface area is 193 Å². The van der Waals surface area contributed by atoms with E-state index in [1.807, 2.05) is 64.1 Å². The molecule has 0 spiro atoms. The number of anilines is 4. The second-order valence-electron chi connectivity index (χ2n) is 8.61. The van der Waals surface area contributed by atoms with E-state index in [4.69, 9.17) is 14.0 Å². The third-order valence-electron chi connectivity index (χ3n) is 5.30. The molecule has 4 rings (SSSR count). The number of carbonyl (C=O) groups is 1. The zero-order chi connectivity index (χ0) is 23.6. The number of hydrogen-bond donors (Lipinski definition) is 2. The summed E-state index contributed by atoms with van der Waals surface area (Å²) in [6.45, 7) is 8.18. The van der Waals surface area contributed by atoms with Crippen molar-refractivity contribution in [3.05, 3.63) is 65.4 Å². The fourth-order valence-electron chi connectivity index (χ4n) is 3.65. The third kappa shape index (κ3) is 5.15. The van der Waals surface area contributed by atoms with Gasteiger partial charge in [-0.2, -0.15) is 4.98 Å². The number of methoxy groups -OCH3 is 1. The first kappa shape index (κ1) is 22.8. The van der Waals surface area contributed by atoms with E-state index in [2.05, 4.69) is 20.6 Å². The summed E-state index contributed by atoms with van der Waals surface area (Å²) in [4.78, 5) is 21.6. The predicted molar refractivity (Wildman–Crippen MR) is 129 cm³/mol. The first-order chi connectivity index (χ1) is 15.8. The van der Waals surface area contributed by atoms with E-state index < -0.39 is 18.7 Å². The molecule has 2 heterocycles. The van der Waals surface area contributed by atoms with Crippen LogP contribution in [0.2, 0.25) is 0 Å². The van der Waals surface area contributed by atoms with E-state index >= 15 is 0 Å². The summed E-state index contributed by atoms with van der Waals surface area (Å²) >= 11 is 0. The van der Waals surface area contributed by atoms with Crippen molar-refractivity contribution in [3.63, 3.8) is 0 Å². The van der Waals surface area contributed by atoms with Crippen molar-refractivity contribution in [2.45, 2.75) is 33.3 Å². The van der Waals surface area contributed by atoms with Crippen molar-refractivity contribution in [2.24, 2.45) is 0 Å². The van der Waals surface area contributed by atoms with E-state index in [1.54, 1.807) is 12.3 Å². The summed E-state index contributed by atoms with van der Waals surface area (Å²) in [5.41, 5.74) is 3.93. The van der Waals surface area contributed by atoms with Crippen LogP contribution in [0.25, 0.3) is 0 Å². The van der Waals surface area contributed by atoms with Gasteiger partial charge < -0.3 is 24.7 Å². The second-order valence-corrected chi connectivity index (χ2v) is 8.61. The first-order valence-electron chi connectivity index (χ1n) is 10.7. The van der Waals surface area contributed by atoms with Crippen LogP contribution in [0, 0.1) is 13.8 Å². The summed E-state index contributed by atoms with van der Waals surface area (Å²) in [6.07, 6.45) is 1.74. The molecule has 9 heteroatoms. The number of para-hydroxylation sites is 1. The van der Waals surface area contributed by atoms with Crippen LogP contribution in [0.3, 0.4) is 0 Å². The van der Waals surface area contributed by atoms with Gasteiger partial charge in [0.2, 0.25) is 5.95 Å². The molecule has 1 aliphatic rings. The molecule has 8 nitrogen and oxygen atoms in total. The molecular weight excluding hydrogens is 419 g/mol. The molecular formula is C24H27BN4O4. The molecule has 1 saturated heterocycles. The summed E-state index contributed by atoms with van der Waals surface area (Å²) in [7, 11) is 0.715. The lowest BCUT2D eigenvalue weighted by molar-refractivity contribution is 0.0601. The monoisotopic (exact) mass is 446 g/mol. The van der Waals surface area contributed by atoms with Crippen LogP contribution in [-0.4, -0.2) is 42.4 Å². The van der Waals surface area contributed by atoms with Crippen molar-refractivity contribution < 1.29 is 18.8 Å². The Morgan fingerprint density at radius 3 is 2.52 bits per heavy atom. The van der Waals surface area contributed by atoms with Gasteiger partial charge >= 0.3 is 13.1 Å². The topological polar surface area (TPSA) is 94.6 Å². The Balaban J connectivity index is 1.64. The van der Waals surface area contributed by atoms with Gasteiger partial charge in [0.1, 0.15) is 5.82 Å². The highest BCUT2D eigenvalue weighted by Gasteiger charge is 2.41. The standard InChI is InChI=1S/C24H27BN4O4/c1-15-11-18(12-19(22(30)31-5)20(15)25-32-14-24(3,4)33-25)28-23-26-13-16(2)21(29-23)27-17-9-7-6-8-10-17/h6-13H,14H2,1-5H3,(H2,26,27,28,29). The average Bonchev–Trinajstić information content (AvgIpc) is 3.15. The SMILES string of the molecule is COC(=O)c1cc(Nc2ncc(C)c(Nc3ccccc3)n2)cc(C)c1B1OCC(C)(C)O1. The number of esters is 1. The van der Waals surface area contributed by atoms with Crippen molar-refractivity contribution >= 4 is 41.7 Å². The molecule has 2 aromatic carbocycles. The number of benzene rings is 2. The van der Waals surface area contributed by atoms with Gasteiger partial charge in [-0.15, -0.1) is 0 Å². The van der Waals surface area contributed by atoms with Crippen molar-refractivity contribution in [1.82, 2.24) is 9.97 Å². The van der Waals surface area contributed by atoms with E-state index in [-0.39, 0.29) is 0 Å². The largest absolute Gasteiger partial charge is 0.495 e. The van der Waals surface area contributed by atoms with E-state index in [0.29, 0.717) is 35.1 Å². The average molecular weight is 446 g/mol. The third-order valence-corrected chi connectivity index (χ3v) is 5.30. The van der Waals surface area contributed by atoms with Gasteiger partial charge in [0.15, 0.2) is 0 Å². The van der Waals surface area contributed by atoms with Crippen LogP contribution in [-0.2, 0) is 14.0 Å². The van der Waals surface area contributed by atoms with Gasteiger partial charge in [-0.25, -0.2) is 9.78 Å². The second kappa shape index (κ2) is 9.21. The summed E-state index contributed by atoms with van der Waals surface area (Å²) in [6, 6.07) is 13.4. The van der Waals surface area contributed by atoms with Crippen LogP contribution in [0.4, 0.5) is 23.1 Å². The molecule has 0 amide bonds. The van der Waals surface area contributed by atoms with Crippen LogP contribution in [0.1, 0.15) is 35.3 Å². The first-order valence-corrected chi connectivity index (χ1v) is 10.7. The molecule has 0 radical (unpaired) electrons.